The summed E-state index contributed by atoms with van der Waals surface area (Å²) >= 11 is 0. The predicted octanol–water partition coefficient (Wildman–Crippen LogP) is 1.32. The summed E-state index contributed by atoms with van der Waals surface area (Å²) < 4.78 is 5.20. The number of nitrogens with zero attached hydrogens (tertiary/aromatic N) is 1. The number of likely N-dealkylation sites (N-methyl/N-ethyl adjacent to an activating group) is 1. The molecule has 1 aliphatic rings. The van der Waals surface area contributed by atoms with Crippen LogP contribution in [0.1, 0.15) is 26.2 Å². The summed E-state index contributed by atoms with van der Waals surface area (Å²) in [4.78, 5) is 13.8. The van der Waals surface area contributed by atoms with Crippen LogP contribution in [-0.2, 0) is 9.53 Å². The van der Waals surface area contributed by atoms with Gasteiger partial charge in [-0.25, -0.2) is 0 Å². The van der Waals surface area contributed by atoms with Gasteiger partial charge in [-0.15, -0.1) is 0 Å². The smallest absolute Gasteiger partial charge is 0.152 e. The SMILES string of the molecule is CCCCN(C)CC(=O)C1CCOC1. The minimum Gasteiger partial charge on any atom is -0.381 e. The standard InChI is InChI=1S/C11H21NO2/c1-3-4-6-12(2)8-11(13)10-5-7-14-9-10/h10H,3-9H2,1-2H3. The number of rotatable bonds is 6. The zero-order chi connectivity index (χ0) is 10.4. The van der Waals surface area contributed by atoms with Crippen LogP contribution in [0.15, 0.2) is 0 Å². The Hall–Kier alpha value is -0.410. The van der Waals surface area contributed by atoms with Crippen molar-refractivity contribution in [3.05, 3.63) is 0 Å². The van der Waals surface area contributed by atoms with Gasteiger partial charge in [-0.3, -0.25) is 9.69 Å². The number of unbranched alkanes of at least 4 members (excludes halogenated alkanes) is 1. The molecule has 0 aromatic rings. The molecule has 0 spiro atoms. The second kappa shape index (κ2) is 6.14. The van der Waals surface area contributed by atoms with E-state index in [0.29, 0.717) is 18.9 Å². The molecule has 0 radical (unpaired) electrons. The maximum atomic E-state index is 11.7. The van der Waals surface area contributed by atoms with Crippen LogP contribution in [0.5, 0.6) is 0 Å². The highest BCUT2D eigenvalue weighted by molar-refractivity contribution is 5.83. The average Bonchev–Trinajstić information content (AvgIpc) is 2.67. The lowest BCUT2D eigenvalue weighted by Gasteiger charge is -2.16. The Morgan fingerprint density at radius 1 is 1.57 bits per heavy atom. The minimum absolute atomic E-state index is 0.166. The van der Waals surface area contributed by atoms with Crippen LogP contribution >= 0.6 is 0 Å². The van der Waals surface area contributed by atoms with Gasteiger partial charge in [0.1, 0.15) is 0 Å². The first kappa shape index (κ1) is 11.7. The molecular weight excluding hydrogens is 178 g/mol. The Balaban J connectivity index is 2.18. The average molecular weight is 199 g/mol. The lowest BCUT2D eigenvalue weighted by atomic mass is 10.0. The van der Waals surface area contributed by atoms with Crippen LogP contribution in [0.25, 0.3) is 0 Å². The number of carbonyl (C=O) groups excluding carboxylic acids is 1. The van der Waals surface area contributed by atoms with Gasteiger partial charge in [-0.05, 0) is 26.4 Å². The van der Waals surface area contributed by atoms with Crippen molar-refractivity contribution >= 4 is 5.78 Å². The van der Waals surface area contributed by atoms with Crippen LogP contribution in [0, 0.1) is 5.92 Å². The monoisotopic (exact) mass is 199 g/mol. The molecule has 1 rings (SSSR count). The first-order valence-corrected chi connectivity index (χ1v) is 5.53. The number of ether oxygens (including phenoxy) is 1. The highest BCUT2D eigenvalue weighted by Crippen LogP contribution is 2.13. The molecule has 1 atom stereocenters. The summed E-state index contributed by atoms with van der Waals surface area (Å²) in [6.07, 6.45) is 3.27. The van der Waals surface area contributed by atoms with Crippen molar-refractivity contribution in [1.29, 1.82) is 0 Å². The van der Waals surface area contributed by atoms with Crippen LogP contribution < -0.4 is 0 Å². The zero-order valence-electron chi connectivity index (χ0n) is 9.29. The van der Waals surface area contributed by atoms with Crippen LogP contribution in [0.4, 0.5) is 0 Å². The Morgan fingerprint density at radius 3 is 2.93 bits per heavy atom. The van der Waals surface area contributed by atoms with Crippen LogP contribution in [0.3, 0.4) is 0 Å². The highest BCUT2D eigenvalue weighted by Gasteiger charge is 2.23. The van der Waals surface area contributed by atoms with E-state index in [1.807, 2.05) is 7.05 Å². The Labute approximate surface area is 86.4 Å². The second-order valence-corrected chi connectivity index (χ2v) is 4.12. The molecule has 1 saturated heterocycles. The van der Waals surface area contributed by atoms with E-state index >= 15 is 0 Å². The van der Waals surface area contributed by atoms with Gasteiger partial charge in [-0.2, -0.15) is 0 Å². The van der Waals surface area contributed by atoms with Crippen molar-refractivity contribution in [2.75, 3.05) is 33.4 Å². The van der Waals surface area contributed by atoms with Crippen molar-refractivity contribution in [2.45, 2.75) is 26.2 Å². The molecule has 0 saturated carbocycles. The minimum atomic E-state index is 0.166. The molecule has 0 aromatic heterocycles. The summed E-state index contributed by atoms with van der Waals surface area (Å²) in [5, 5.41) is 0. The number of carbonyl (C=O) groups is 1. The molecular formula is C11H21NO2. The maximum Gasteiger partial charge on any atom is 0.152 e. The van der Waals surface area contributed by atoms with Crippen LogP contribution in [0.2, 0.25) is 0 Å². The molecule has 1 aliphatic heterocycles. The molecule has 3 nitrogen and oxygen atoms in total. The van der Waals surface area contributed by atoms with Crippen molar-refractivity contribution in [3.8, 4) is 0 Å². The largest absolute Gasteiger partial charge is 0.381 e. The lowest BCUT2D eigenvalue weighted by Crippen LogP contribution is -2.31. The molecule has 1 heterocycles. The molecule has 0 N–H and O–H groups in total. The van der Waals surface area contributed by atoms with Gasteiger partial charge >= 0.3 is 0 Å². The fourth-order valence-corrected chi connectivity index (χ4v) is 1.69. The number of ketones is 1. The highest BCUT2D eigenvalue weighted by atomic mass is 16.5. The summed E-state index contributed by atoms with van der Waals surface area (Å²) in [6.45, 7) is 5.18. The molecule has 0 amide bonds. The van der Waals surface area contributed by atoms with Gasteiger partial charge in [0, 0.05) is 12.5 Å². The van der Waals surface area contributed by atoms with E-state index in [-0.39, 0.29) is 5.92 Å². The van der Waals surface area contributed by atoms with E-state index in [9.17, 15) is 4.79 Å². The number of hydrogen-bond acceptors (Lipinski definition) is 3. The van der Waals surface area contributed by atoms with Crippen molar-refractivity contribution in [2.24, 2.45) is 5.92 Å². The summed E-state index contributed by atoms with van der Waals surface area (Å²) in [5.41, 5.74) is 0. The van der Waals surface area contributed by atoms with Crippen molar-refractivity contribution in [1.82, 2.24) is 4.90 Å². The zero-order valence-corrected chi connectivity index (χ0v) is 9.29. The molecule has 3 heteroatoms. The topological polar surface area (TPSA) is 29.5 Å². The van der Waals surface area contributed by atoms with E-state index < -0.39 is 0 Å². The third-order valence-corrected chi connectivity index (χ3v) is 2.70. The second-order valence-electron chi connectivity index (χ2n) is 4.12. The summed E-state index contributed by atoms with van der Waals surface area (Å²) in [5.74, 6) is 0.514. The first-order chi connectivity index (χ1) is 6.74. The third kappa shape index (κ3) is 3.76. The van der Waals surface area contributed by atoms with Gasteiger partial charge in [-0.1, -0.05) is 13.3 Å². The van der Waals surface area contributed by atoms with Gasteiger partial charge < -0.3 is 4.74 Å². The first-order valence-electron chi connectivity index (χ1n) is 5.53. The van der Waals surface area contributed by atoms with E-state index in [1.54, 1.807) is 0 Å². The number of hydrogen-bond donors (Lipinski definition) is 0. The summed E-state index contributed by atoms with van der Waals surface area (Å²) in [6, 6.07) is 0. The van der Waals surface area contributed by atoms with Crippen molar-refractivity contribution in [3.63, 3.8) is 0 Å². The van der Waals surface area contributed by atoms with E-state index in [0.717, 1.165) is 19.6 Å². The molecule has 1 fully saturated rings. The van der Waals surface area contributed by atoms with E-state index in [1.165, 1.54) is 12.8 Å². The van der Waals surface area contributed by atoms with Gasteiger partial charge in [0.25, 0.3) is 0 Å². The van der Waals surface area contributed by atoms with E-state index in [4.69, 9.17) is 4.74 Å². The fourth-order valence-electron chi connectivity index (χ4n) is 1.69. The number of Topliss-reactive ketones (excluding diaryl/α,β-unsaturated/α-hetero) is 1. The Morgan fingerprint density at radius 2 is 2.36 bits per heavy atom. The summed E-state index contributed by atoms with van der Waals surface area (Å²) in [7, 11) is 2.02. The lowest BCUT2D eigenvalue weighted by molar-refractivity contribution is -0.123. The maximum absolute atomic E-state index is 11.7. The molecule has 82 valence electrons. The van der Waals surface area contributed by atoms with Crippen LogP contribution in [-0.4, -0.2) is 44.0 Å². The fraction of sp³-hybridized carbons (Fsp3) is 0.909. The molecule has 0 bridgehead atoms. The Bertz CT molecular complexity index is 176. The molecule has 0 aliphatic carbocycles. The quantitative estimate of drug-likeness (QED) is 0.646. The normalized spacial score (nSPS) is 21.8. The van der Waals surface area contributed by atoms with Crippen molar-refractivity contribution < 1.29 is 9.53 Å². The molecule has 14 heavy (non-hydrogen) atoms. The molecule has 1 unspecified atom stereocenters. The molecule has 0 aromatic carbocycles. The Kier molecular flexibility index (Phi) is 5.12. The van der Waals surface area contributed by atoms with Gasteiger partial charge in [0.2, 0.25) is 0 Å². The van der Waals surface area contributed by atoms with Gasteiger partial charge in [0.05, 0.1) is 13.2 Å². The van der Waals surface area contributed by atoms with Gasteiger partial charge in [0.15, 0.2) is 5.78 Å². The third-order valence-electron chi connectivity index (χ3n) is 2.70. The predicted molar refractivity (Wildman–Crippen MR) is 56.3 cm³/mol. The van der Waals surface area contributed by atoms with E-state index in [2.05, 4.69) is 11.8 Å².